The van der Waals surface area contributed by atoms with E-state index in [1.807, 2.05) is 23.6 Å². The molecule has 3 aromatic rings. The monoisotopic (exact) mass is 328 g/mol. The van der Waals surface area contributed by atoms with E-state index in [1.165, 1.54) is 12.1 Å². The highest BCUT2D eigenvalue weighted by Gasteiger charge is 2.18. The minimum absolute atomic E-state index is 0.320. The normalized spacial score (nSPS) is 14.8. The first-order valence-corrected chi connectivity index (χ1v) is 7.82. The molecule has 0 radical (unpaired) electrons. The first-order valence-electron chi connectivity index (χ1n) is 7.82. The summed E-state index contributed by atoms with van der Waals surface area (Å²) in [5, 5.41) is 10.5. The smallest absolute Gasteiger partial charge is 0.163 e. The Morgan fingerprint density at radius 3 is 2.54 bits per heavy atom. The molecule has 124 valence electrons. The fourth-order valence-corrected chi connectivity index (χ4v) is 2.98. The van der Waals surface area contributed by atoms with Crippen LogP contribution in [-0.4, -0.2) is 27.9 Å². The van der Waals surface area contributed by atoms with E-state index >= 15 is 0 Å². The number of aliphatic hydroxyl groups excluding tert-OH is 1. The molecule has 4 rings (SSSR count). The maximum absolute atomic E-state index is 13.0. The van der Waals surface area contributed by atoms with Gasteiger partial charge >= 0.3 is 0 Å². The van der Waals surface area contributed by atoms with Crippen LogP contribution >= 0.6 is 0 Å². The first kappa shape index (κ1) is 15.0. The number of hydrogen-bond donors (Lipinski definition) is 1. The zero-order chi connectivity index (χ0) is 16.7. The molecule has 5 nitrogen and oxygen atoms in total. The molecule has 1 aromatic heterocycles. The fourth-order valence-electron chi connectivity index (χ4n) is 2.98. The van der Waals surface area contributed by atoms with E-state index in [4.69, 9.17) is 9.47 Å². The minimum atomic E-state index is -0.755. The number of fused-ring (bicyclic) bond motifs is 2. The summed E-state index contributed by atoms with van der Waals surface area (Å²) in [5.74, 6) is 1.84. The second kappa shape index (κ2) is 5.79. The molecule has 0 saturated heterocycles. The van der Waals surface area contributed by atoms with E-state index in [9.17, 15) is 9.50 Å². The van der Waals surface area contributed by atoms with Gasteiger partial charge in [-0.25, -0.2) is 9.37 Å². The Labute approximate surface area is 138 Å². The van der Waals surface area contributed by atoms with E-state index in [0.29, 0.717) is 36.8 Å². The molecule has 6 heteroatoms. The van der Waals surface area contributed by atoms with Crippen LogP contribution in [-0.2, 0) is 6.54 Å². The van der Waals surface area contributed by atoms with Crippen LogP contribution in [0.15, 0.2) is 36.4 Å². The first-order chi connectivity index (χ1) is 11.6. The summed E-state index contributed by atoms with van der Waals surface area (Å²) in [6.07, 6.45) is -0.755. The molecule has 0 spiro atoms. The molecule has 0 aliphatic carbocycles. The van der Waals surface area contributed by atoms with E-state index in [1.54, 1.807) is 12.1 Å². The highest BCUT2D eigenvalue weighted by molar-refractivity contribution is 5.80. The second-order valence-corrected chi connectivity index (χ2v) is 5.82. The number of hydrogen-bond acceptors (Lipinski definition) is 4. The molecule has 1 unspecified atom stereocenters. The molecule has 1 aliphatic rings. The van der Waals surface area contributed by atoms with E-state index in [2.05, 4.69) is 4.98 Å². The van der Waals surface area contributed by atoms with Crippen molar-refractivity contribution in [2.45, 2.75) is 19.6 Å². The molecule has 0 saturated carbocycles. The van der Waals surface area contributed by atoms with Crippen molar-refractivity contribution < 1.29 is 19.0 Å². The van der Waals surface area contributed by atoms with E-state index in [0.717, 1.165) is 16.9 Å². The summed E-state index contributed by atoms with van der Waals surface area (Å²) in [6, 6.07) is 9.62. The quantitative estimate of drug-likeness (QED) is 0.803. The molecule has 1 N–H and O–H groups in total. The van der Waals surface area contributed by atoms with Gasteiger partial charge in [-0.05, 0) is 24.6 Å². The van der Waals surface area contributed by atoms with Gasteiger partial charge in [-0.3, -0.25) is 0 Å². The van der Waals surface area contributed by atoms with Crippen LogP contribution in [0.5, 0.6) is 11.5 Å². The predicted octanol–water partition coefficient (Wildman–Crippen LogP) is 2.99. The lowest BCUT2D eigenvalue weighted by molar-refractivity contribution is 0.157. The van der Waals surface area contributed by atoms with Crippen LogP contribution in [0.3, 0.4) is 0 Å². The van der Waals surface area contributed by atoms with Gasteiger partial charge in [0, 0.05) is 12.1 Å². The van der Waals surface area contributed by atoms with Crippen LogP contribution in [0.2, 0.25) is 0 Å². The van der Waals surface area contributed by atoms with E-state index < -0.39 is 6.10 Å². The van der Waals surface area contributed by atoms with Gasteiger partial charge in [0.15, 0.2) is 11.5 Å². The van der Waals surface area contributed by atoms with Crippen LogP contribution < -0.4 is 9.47 Å². The fraction of sp³-hybridized carbons (Fsp3) is 0.278. The average molecular weight is 328 g/mol. The number of aliphatic hydroxyl groups is 1. The largest absolute Gasteiger partial charge is 0.486 e. The number of ether oxygens (including phenoxy) is 2. The lowest BCUT2D eigenvalue weighted by Gasteiger charge is -2.19. The van der Waals surface area contributed by atoms with Crippen LogP contribution in [0.4, 0.5) is 4.39 Å². The summed E-state index contributed by atoms with van der Waals surface area (Å²) in [4.78, 5) is 4.54. The zero-order valence-corrected chi connectivity index (χ0v) is 13.2. The van der Waals surface area contributed by atoms with Crippen LogP contribution in [0.1, 0.15) is 17.5 Å². The van der Waals surface area contributed by atoms with Gasteiger partial charge < -0.3 is 19.1 Å². The van der Waals surface area contributed by atoms with Crippen molar-refractivity contribution in [2.75, 3.05) is 13.2 Å². The minimum Gasteiger partial charge on any atom is -0.486 e. The summed E-state index contributed by atoms with van der Waals surface area (Å²) in [6.45, 7) is 3.26. The average Bonchev–Trinajstić information content (AvgIpc) is 2.88. The summed E-state index contributed by atoms with van der Waals surface area (Å²) >= 11 is 0. The number of imidazole rings is 1. The molecule has 0 amide bonds. The number of halogens is 1. The topological polar surface area (TPSA) is 56.5 Å². The van der Waals surface area contributed by atoms with Crippen molar-refractivity contribution in [1.29, 1.82) is 0 Å². The Hall–Kier alpha value is -2.60. The van der Waals surface area contributed by atoms with Gasteiger partial charge in [-0.15, -0.1) is 0 Å². The Balaban J connectivity index is 1.70. The Bertz CT molecular complexity index is 889. The number of aryl methyl sites for hydroxylation is 1. The van der Waals surface area contributed by atoms with Crippen molar-refractivity contribution in [3.63, 3.8) is 0 Å². The lowest BCUT2D eigenvalue weighted by Crippen LogP contribution is -2.15. The third-order valence-electron chi connectivity index (χ3n) is 4.21. The summed E-state index contributed by atoms with van der Waals surface area (Å²) < 4.78 is 26.2. The maximum atomic E-state index is 13.0. The number of rotatable bonds is 3. The molecule has 24 heavy (non-hydrogen) atoms. The Kier molecular flexibility index (Phi) is 3.61. The van der Waals surface area contributed by atoms with Gasteiger partial charge in [-0.1, -0.05) is 12.1 Å². The van der Waals surface area contributed by atoms with Gasteiger partial charge in [0.1, 0.15) is 24.9 Å². The highest BCUT2D eigenvalue weighted by Crippen LogP contribution is 2.35. The van der Waals surface area contributed by atoms with Crippen molar-refractivity contribution in [3.05, 3.63) is 53.6 Å². The summed E-state index contributed by atoms with van der Waals surface area (Å²) in [7, 11) is 0. The second-order valence-electron chi connectivity index (χ2n) is 5.82. The lowest BCUT2D eigenvalue weighted by atomic mass is 10.1. The molecular weight excluding hydrogens is 311 g/mol. The Morgan fingerprint density at radius 1 is 1.17 bits per heavy atom. The van der Waals surface area contributed by atoms with Crippen LogP contribution in [0, 0.1) is 12.7 Å². The standard InChI is InChI=1S/C18H17FN2O3/c1-11-20-14-8-17-18(24-7-6-23-17)9-15(14)21(11)10-16(22)12-2-4-13(19)5-3-12/h2-5,8-9,16,22H,6-7,10H2,1H3. The number of aromatic nitrogens is 2. The molecule has 2 heterocycles. The number of nitrogens with zero attached hydrogens (tertiary/aromatic N) is 2. The van der Waals surface area contributed by atoms with Crippen molar-refractivity contribution in [2.24, 2.45) is 0 Å². The Morgan fingerprint density at radius 2 is 1.83 bits per heavy atom. The molecular formula is C18H17FN2O3. The molecule has 2 aromatic carbocycles. The third kappa shape index (κ3) is 2.59. The highest BCUT2D eigenvalue weighted by atomic mass is 19.1. The van der Waals surface area contributed by atoms with Gasteiger partial charge in [-0.2, -0.15) is 0 Å². The molecule has 0 bridgehead atoms. The molecule has 0 fully saturated rings. The van der Waals surface area contributed by atoms with Crippen molar-refractivity contribution in [3.8, 4) is 11.5 Å². The third-order valence-corrected chi connectivity index (χ3v) is 4.21. The zero-order valence-electron chi connectivity index (χ0n) is 13.2. The van der Waals surface area contributed by atoms with Gasteiger partial charge in [0.25, 0.3) is 0 Å². The maximum Gasteiger partial charge on any atom is 0.163 e. The molecule has 1 aliphatic heterocycles. The SMILES string of the molecule is Cc1nc2cc3c(cc2n1CC(O)c1ccc(F)cc1)OCCO3. The van der Waals surface area contributed by atoms with Gasteiger partial charge in [0.05, 0.1) is 23.7 Å². The van der Waals surface area contributed by atoms with E-state index in [-0.39, 0.29) is 5.82 Å². The number of benzene rings is 2. The van der Waals surface area contributed by atoms with Gasteiger partial charge in [0.2, 0.25) is 0 Å². The van der Waals surface area contributed by atoms with Crippen LogP contribution in [0.25, 0.3) is 11.0 Å². The van der Waals surface area contributed by atoms with Crippen molar-refractivity contribution in [1.82, 2.24) is 9.55 Å². The van der Waals surface area contributed by atoms with Crippen molar-refractivity contribution >= 4 is 11.0 Å². The predicted molar refractivity (Wildman–Crippen MR) is 86.8 cm³/mol. The molecule has 1 atom stereocenters. The summed E-state index contributed by atoms with van der Waals surface area (Å²) in [5.41, 5.74) is 2.33.